The summed E-state index contributed by atoms with van der Waals surface area (Å²) in [6.07, 6.45) is -10.7. The minimum absolute atomic E-state index is 0.101. The molecule has 6 rings (SSSR count). The molecule has 2 heterocycles. The van der Waals surface area contributed by atoms with Crippen LogP contribution in [0.25, 0.3) is 0 Å². The minimum Gasteiger partial charge on any atom is -0.394 e. The molecule has 2 aliphatic rings. The van der Waals surface area contributed by atoms with Crippen molar-refractivity contribution < 1.29 is 53.2 Å². The van der Waals surface area contributed by atoms with Crippen LogP contribution in [0.5, 0.6) is 0 Å². The maximum atomic E-state index is 11.3. The first-order valence-corrected chi connectivity index (χ1v) is 17.6. The lowest BCUT2D eigenvalue weighted by atomic mass is 9.96. The molecule has 0 amide bonds. The molecule has 4 aromatic carbocycles. The Bertz CT molecular complexity index is 1550. The minimum atomic E-state index is -1.43. The zero-order chi connectivity index (χ0) is 36.1. The molecule has 3 N–H and O–H groups in total. The fraction of sp³-hybridized carbons (Fsp3) is 0.415. The molecule has 11 heteroatoms. The van der Waals surface area contributed by atoms with E-state index in [4.69, 9.17) is 37.9 Å². The van der Waals surface area contributed by atoms with E-state index in [2.05, 4.69) is 0 Å². The Balaban J connectivity index is 1.34. The van der Waals surface area contributed by atoms with E-state index in [1.54, 1.807) is 0 Å². The average Bonchev–Trinajstić information content (AvgIpc) is 3.19. The van der Waals surface area contributed by atoms with E-state index in [0.29, 0.717) is 6.61 Å². The third kappa shape index (κ3) is 10.1. The maximum Gasteiger partial charge on any atom is 0.187 e. The molecule has 11 nitrogen and oxygen atoms in total. The first kappa shape index (κ1) is 38.2. The van der Waals surface area contributed by atoms with Crippen LogP contribution < -0.4 is 0 Å². The maximum absolute atomic E-state index is 11.3. The molecular weight excluding hydrogens is 668 g/mol. The summed E-state index contributed by atoms with van der Waals surface area (Å²) in [4.78, 5) is 0. The number of hydrogen-bond donors (Lipinski definition) is 3. The molecule has 278 valence electrons. The molecular formula is C41H48O11. The third-order valence-electron chi connectivity index (χ3n) is 9.19. The highest BCUT2D eigenvalue weighted by atomic mass is 16.7. The summed E-state index contributed by atoms with van der Waals surface area (Å²) in [5, 5.41) is 32.5. The predicted molar refractivity (Wildman–Crippen MR) is 189 cm³/mol. The van der Waals surface area contributed by atoms with Gasteiger partial charge in [-0.1, -0.05) is 121 Å². The molecule has 0 unspecified atom stereocenters. The monoisotopic (exact) mass is 716 g/mol. The fourth-order valence-electron chi connectivity index (χ4n) is 6.42. The number of methoxy groups -OCH3 is 1. The van der Waals surface area contributed by atoms with Gasteiger partial charge in [-0.05, 0) is 22.3 Å². The van der Waals surface area contributed by atoms with Gasteiger partial charge in [0.05, 0.1) is 39.6 Å². The Kier molecular flexibility index (Phi) is 14.3. The quantitative estimate of drug-likeness (QED) is 0.146. The van der Waals surface area contributed by atoms with Crippen molar-refractivity contribution in [1.29, 1.82) is 0 Å². The molecule has 0 spiro atoms. The molecule has 0 saturated carbocycles. The Morgan fingerprint density at radius 3 is 1.42 bits per heavy atom. The molecule has 0 aliphatic carbocycles. The van der Waals surface area contributed by atoms with Gasteiger partial charge in [-0.2, -0.15) is 0 Å². The van der Waals surface area contributed by atoms with Crippen LogP contribution in [0.4, 0.5) is 0 Å². The van der Waals surface area contributed by atoms with Gasteiger partial charge in [0.15, 0.2) is 12.6 Å². The van der Waals surface area contributed by atoms with Crippen LogP contribution >= 0.6 is 0 Å². The standard InChI is InChI=1S/C41H48O11/c1-45-40-35(44)37(34(43)32(22-42)50-40)52-41-39(49-26-31-20-12-5-13-21-31)38(48-25-30-18-10-4-11-19-30)36(47-24-29-16-8-3-9-17-29)33(51-41)27-46-23-28-14-6-2-7-15-28/h2-21,32-44H,22-27H2,1H3/t32-,33-,34+,35-,36-,37+,38+,39-,40-,41+/m1/s1. The molecule has 4 aromatic rings. The number of rotatable bonds is 17. The normalized spacial score (nSPS) is 29.2. The van der Waals surface area contributed by atoms with Crippen molar-refractivity contribution in [3.63, 3.8) is 0 Å². The van der Waals surface area contributed by atoms with Gasteiger partial charge in [0.2, 0.25) is 0 Å². The van der Waals surface area contributed by atoms with Gasteiger partial charge in [0.1, 0.15) is 48.8 Å². The highest BCUT2D eigenvalue weighted by Gasteiger charge is 2.53. The molecule has 2 aliphatic heterocycles. The third-order valence-corrected chi connectivity index (χ3v) is 9.19. The molecule has 2 fully saturated rings. The number of aliphatic hydroxyl groups excluding tert-OH is 3. The van der Waals surface area contributed by atoms with Crippen LogP contribution in [0.2, 0.25) is 0 Å². The molecule has 10 atom stereocenters. The van der Waals surface area contributed by atoms with Crippen LogP contribution in [-0.2, 0) is 64.3 Å². The van der Waals surface area contributed by atoms with E-state index in [9.17, 15) is 15.3 Å². The lowest BCUT2D eigenvalue weighted by molar-refractivity contribution is -0.369. The van der Waals surface area contributed by atoms with E-state index in [-0.39, 0.29) is 26.4 Å². The summed E-state index contributed by atoms with van der Waals surface area (Å²) in [6.45, 7) is 0.570. The highest BCUT2D eigenvalue weighted by molar-refractivity contribution is 5.16. The topological polar surface area (TPSA) is 135 Å². The van der Waals surface area contributed by atoms with E-state index in [0.717, 1.165) is 22.3 Å². The van der Waals surface area contributed by atoms with Gasteiger partial charge in [-0.25, -0.2) is 0 Å². The highest BCUT2D eigenvalue weighted by Crippen LogP contribution is 2.34. The predicted octanol–water partition coefficient (Wildman–Crippen LogP) is 4.15. The molecule has 0 radical (unpaired) electrons. The van der Waals surface area contributed by atoms with E-state index in [1.165, 1.54) is 7.11 Å². The van der Waals surface area contributed by atoms with E-state index in [1.807, 2.05) is 121 Å². The molecule has 52 heavy (non-hydrogen) atoms. The molecule has 2 saturated heterocycles. The van der Waals surface area contributed by atoms with E-state index < -0.39 is 68.0 Å². The summed E-state index contributed by atoms with van der Waals surface area (Å²) < 4.78 is 50.4. The van der Waals surface area contributed by atoms with Crippen molar-refractivity contribution in [2.45, 2.75) is 87.8 Å². The molecule has 0 aromatic heterocycles. The Hall–Kier alpha value is -3.56. The van der Waals surface area contributed by atoms with Crippen molar-refractivity contribution in [3.8, 4) is 0 Å². The zero-order valence-electron chi connectivity index (χ0n) is 29.2. The van der Waals surface area contributed by atoms with Crippen LogP contribution in [0, 0.1) is 0 Å². The van der Waals surface area contributed by atoms with Crippen molar-refractivity contribution in [2.75, 3.05) is 20.3 Å². The summed E-state index contributed by atoms with van der Waals surface area (Å²) >= 11 is 0. The lowest BCUT2D eigenvalue weighted by Crippen LogP contribution is -2.65. The van der Waals surface area contributed by atoms with Gasteiger partial charge < -0.3 is 53.2 Å². The first-order valence-electron chi connectivity index (χ1n) is 17.6. The second-order valence-electron chi connectivity index (χ2n) is 12.9. The second-order valence-corrected chi connectivity index (χ2v) is 12.9. The Morgan fingerprint density at radius 2 is 0.942 bits per heavy atom. The second kappa shape index (κ2) is 19.5. The van der Waals surface area contributed by atoms with Crippen molar-refractivity contribution in [1.82, 2.24) is 0 Å². The first-order chi connectivity index (χ1) is 25.5. The smallest absolute Gasteiger partial charge is 0.187 e. The SMILES string of the molecule is CO[C@@H]1O[C@H](CO)[C@H](O)[C@H](O[C@@H]2O[C@H](COCc3ccccc3)[C@@H](OCc3ccccc3)[C@H](OCc3ccccc3)[C@H]2OCc2ccccc2)[C@H]1O. The summed E-state index contributed by atoms with van der Waals surface area (Å²) in [7, 11) is 1.36. The lowest BCUT2D eigenvalue weighted by Gasteiger charge is -2.48. The van der Waals surface area contributed by atoms with Crippen LogP contribution in [-0.4, -0.2) is 97.1 Å². The van der Waals surface area contributed by atoms with Crippen LogP contribution in [0.15, 0.2) is 121 Å². The van der Waals surface area contributed by atoms with Gasteiger partial charge in [-0.15, -0.1) is 0 Å². The van der Waals surface area contributed by atoms with Gasteiger partial charge in [0, 0.05) is 7.11 Å². The average molecular weight is 717 g/mol. The van der Waals surface area contributed by atoms with Crippen LogP contribution in [0.3, 0.4) is 0 Å². The largest absolute Gasteiger partial charge is 0.394 e. The van der Waals surface area contributed by atoms with Crippen molar-refractivity contribution in [2.24, 2.45) is 0 Å². The Morgan fingerprint density at radius 1 is 0.500 bits per heavy atom. The fourth-order valence-corrected chi connectivity index (χ4v) is 6.42. The van der Waals surface area contributed by atoms with Gasteiger partial charge in [-0.3, -0.25) is 0 Å². The number of hydrogen-bond acceptors (Lipinski definition) is 11. The number of benzene rings is 4. The summed E-state index contributed by atoms with van der Waals surface area (Å²) in [5.74, 6) is 0. The number of aliphatic hydroxyl groups is 3. The zero-order valence-corrected chi connectivity index (χ0v) is 29.2. The number of ether oxygens (including phenoxy) is 8. The van der Waals surface area contributed by atoms with Gasteiger partial charge >= 0.3 is 0 Å². The Labute approximate surface area is 304 Å². The van der Waals surface area contributed by atoms with Crippen molar-refractivity contribution in [3.05, 3.63) is 144 Å². The van der Waals surface area contributed by atoms with Crippen LogP contribution in [0.1, 0.15) is 22.3 Å². The van der Waals surface area contributed by atoms with Crippen molar-refractivity contribution >= 4 is 0 Å². The van der Waals surface area contributed by atoms with Gasteiger partial charge in [0.25, 0.3) is 0 Å². The summed E-state index contributed by atoms with van der Waals surface area (Å²) in [6, 6.07) is 39.1. The van der Waals surface area contributed by atoms with E-state index >= 15 is 0 Å². The molecule has 0 bridgehead atoms. The summed E-state index contributed by atoms with van der Waals surface area (Å²) in [5.41, 5.74) is 3.80.